The molecular weight excluding hydrogens is 266 g/mol. The summed E-state index contributed by atoms with van der Waals surface area (Å²) in [6.07, 6.45) is -2.35. The highest BCUT2D eigenvalue weighted by molar-refractivity contribution is 9.10. The summed E-state index contributed by atoms with van der Waals surface area (Å²) in [7, 11) is 0. The predicted molar refractivity (Wildman–Crippen MR) is 52.4 cm³/mol. The van der Waals surface area contributed by atoms with Crippen molar-refractivity contribution in [2.24, 2.45) is 0 Å². The molecule has 0 nitrogen and oxygen atoms in total. The van der Waals surface area contributed by atoms with Crippen LogP contribution in [0.1, 0.15) is 11.3 Å². The first kappa shape index (κ1) is 8.59. The molecule has 0 aliphatic carbocycles. The van der Waals surface area contributed by atoms with Crippen LogP contribution >= 0.6 is 38.6 Å². The molecule has 2 aromatic heterocycles. The Balaban J connectivity index is 2.63. The summed E-state index contributed by atoms with van der Waals surface area (Å²) in [5.41, 5.74) is 0. The monoisotopic (exact) mass is 268 g/mol. The number of halogens is 3. The van der Waals surface area contributed by atoms with Crippen molar-refractivity contribution in [1.82, 2.24) is 0 Å². The molecule has 64 valence electrons. The van der Waals surface area contributed by atoms with Gasteiger partial charge in [-0.15, -0.1) is 22.7 Å². The summed E-state index contributed by atoms with van der Waals surface area (Å²) in [6.45, 7) is 0. The highest BCUT2D eigenvalue weighted by atomic mass is 79.9. The zero-order valence-corrected chi connectivity index (χ0v) is 8.90. The maximum atomic E-state index is 12.2. The van der Waals surface area contributed by atoms with E-state index in [0.717, 1.165) is 25.2 Å². The van der Waals surface area contributed by atoms with Crippen LogP contribution in [0.3, 0.4) is 0 Å². The highest BCUT2D eigenvalue weighted by Gasteiger charge is 2.13. The molecule has 2 aromatic rings. The Morgan fingerprint density at radius 2 is 2.17 bits per heavy atom. The Morgan fingerprint density at radius 1 is 1.42 bits per heavy atom. The maximum absolute atomic E-state index is 12.2. The lowest BCUT2D eigenvalue weighted by Crippen LogP contribution is -1.72. The third-order valence-electron chi connectivity index (χ3n) is 1.44. The molecule has 0 bridgehead atoms. The van der Waals surface area contributed by atoms with E-state index in [1.54, 1.807) is 6.07 Å². The van der Waals surface area contributed by atoms with E-state index in [0.29, 0.717) is 0 Å². The van der Waals surface area contributed by atoms with Crippen LogP contribution in [0.15, 0.2) is 15.9 Å². The molecule has 0 fully saturated rings. The fourth-order valence-electron chi connectivity index (χ4n) is 0.923. The summed E-state index contributed by atoms with van der Waals surface area (Å²) in [6, 6.07) is 1.56. The minimum absolute atomic E-state index is 0.151. The van der Waals surface area contributed by atoms with Crippen LogP contribution in [0.2, 0.25) is 0 Å². The van der Waals surface area contributed by atoms with Crippen LogP contribution in [-0.2, 0) is 0 Å². The molecule has 12 heavy (non-hydrogen) atoms. The van der Waals surface area contributed by atoms with Crippen molar-refractivity contribution in [3.63, 3.8) is 0 Å². The molecule has 0 aliphatic rings. The summed E-state index contributed by atoms with van der Waals surface area (Å²) in [5, 5.41) is 1.91. The fraction of sp³-hybridized carbons (Fsp3) is 0.143. The lowest BCUT2D eigenvalue weighted by molar-refractivity contribution is 0.156. The number of thiophene rings is 2. The minimum Gasteiger partial charge on any atom is -0.204 e. The Morgan fingerprint density at radius 3 is 2.75 bits per heavy atom. The number of alkyl halides is 2. The molecule has 0 aromatic carbocycles. The van der Waals surface area contributed by atoms with Crippen LogP contribution < -0.4 is 0 Å². The van der Waals surface area contributed by atoms with Gasteiger partial charge in [0.15, 0.2) is 0 Å². The molecule has 0 spiro atoms. The van der Waals surface area contributed by atoms with Gasteiger partial charge < -0.3 is 0 Å². The van der Waals surface area contributed by atoms with Gasteiger partial charge in [0, 0.05) is 14.6 Å². The predicted octanol–water partition coefficient (Wildman–Crippen LogP) is 4.66. The molecule has 5 heteroatoms. The largest absolute Gasteiger partial charge is 0.272 e. The van der Waals surface area contributed by atoms with Crippen LogP contribution in [0.5, 0.6) is 0 Å². The lowest BCUT2D eigenvalue weighted by atomic mass is 10.4. The molecule has 0 radical (unpaired) electrons. The minimum atomic E-state index is -2.35. The molecule has 0 unspecified atom stereocenters. The van der Waals surface area contributed by atoms with Crippen molar-refractivity contribution < 1.29 is 8.78 Å². The van der Waals surface area contributed by atoms with Gasteiger partial charge in [0.25, 0.3) is 6.43 Å². The van der Waals surface area contributed by atoms with Crippen molar-refractivity contribution in [3.8, 4) is 0 Å². The molecule has 0 aliphatic heterocycles. The van der Waals surface area contributed by atoms with Gasteiger partial charge in [0.05, 0.1) is 9.58 Å². The second-order valence-electron chi connectivity index (χ2n) is 2.23. The SMILES string of the molecule is FC(F)c1cc2scc(Br)c2s1. The number of rotatable bonds is 1. The quantitative estimate of drug-likeness (QED) is 0.706. The summed E-state index contributed by atoms with van der Waals surface area (Å²) in [4.78, 5) is 0.151. The standard InChI is InChI=1S/C7H3BrF2S2/c8-3-2-11-4-1-5(7(9)10)12-6(3)4/h1-2,7H. The first-order chi connectivity index (χ1) is 5.68. The maximum Gasteiger partial charge on any atom is 0.272 e. The molecule has 2 heterocycles. The van der Waals surface area contributed by atoms with E-state index < -0.39 is 6.43 Å². The fourth-order valence-corrected chi connectivity index (χ4v) is 3.79. The Hall–Kier alpha value is -0.0000000000000000833. The molecule has 0 amide bonds. The second-order valence-corrected chi connectivity index (χ2v) is 5.08. The van der Waals surface area contributed by atoms with Crippen molar-refractivity contribution in [3.05, 3.63) is 20.8 Å². The summed E-state index contributed by atoms with van der Waals surface area (Å²) in [5.74, 6) is 0. The smallest absolute Gasteiger partial charge is 0.204 e. The Bertz CT molecular complexity index is 404. The van der Waals surface area contributed by atoms with E-state index in [1.807, 2.05) is 5.38 Å². The van der Waals surface area contributed by atoms with Crippen molar-refractivity contribution in [1.29, 1.82) is 0 Å². The van der Waals surface area contributed by atoms with Crippen LogP contribution in [0.4, 0.5) is 8.78 Å². The van der Waals surface area contributed by atoms with Crippen molar-refractivity contribution in [2.45, 2.75) is 6.43 Å². The topological polar surface area (TPSA) is 0 Å². The van der Waals surface area contributed by atoms with E-state index in [1.165, 1.54) is 11.3 Å². The zero-order chi connectivity index (χ0) is 8.72. The third kappa shape index (κ3) is 1.30. The van der Waals surface area contributed by atoms with Crippen molar-refractivity contribution >= 4 is 48.0 Å². The van der Waals surface area contributed by atoms with Gasteiger partial charge in [-0.05, 0) is 22.0 Å². The highest BCUT2D eigenvalue weighted by Crippen LogP contribution is 2.40. The van der Waals surface area contributed by atoms with Crippen LogP contribution in [0, 0.1) is 0 Å². The molecule has 0 saturated carbocycles. The molecular formula is C7H3BrF2S2. The lowest BCUT2D eigenvalue weighted by Gasteiger charge is -1.88. The number of hydrogen-bond donors (Lipinski definition) is 0. The van der Waals surface area contributed by atoms with Gasteiger partial charge in [0.2, 0.25) is 0 Å². The van der Waals surface area contributed by atoms with Gasteiger partial charge in [-0.25, -0.2) is 8.78 Å². The summed E-state index contributed by atoms with van der Waals surface area (Å²) >= 11 is 5.94. The van der Waals surface area contributed by atoms with Gasteiger partial charge >= 0.3 is 0 Å². The van der Waals surface area contributed by atoms with Gasteiger partial charge in [0.1, 0.15) is 0 Å². The van der Waals surface area contributed by atoms with Gasteiger partial charge in [-0.3, -0.25) is 0 Å². The first-order valence-electron chi connectivity index (χ1n) is 3.13. The molecule has 0 saturated heterocycles. The van der Waals surface area contributed by atoms with Crippen molar-refractivity contribution in [2.75, 3.05) is 0 Å². The van der Waals surface area contributed by atoms with Crippen LogP contribution in [-0.4, -0.2) is 0 Å². The van der Waals surface area contributed by atoms with E-state index >= 15 is 0 Å². The zero-order valence-electron chi connectivity index (χ0n) is 5.68. The summed E-state index contributed by atoms with van der Waals surface area (Å²) < 4.78 is 27.2. The van der Waals surface area contributed by atoms with E-state index in [9.17, 15) is 8.78 Å². The average Bonchev–Trinajstić information content (AvgIpc) is 2.53. The number of fused-ring (bicyclic) bond motifs is 1. The van der Waals surface area contributed by atoms with Crippen LogP contribution in [0.25, 0.3) is 9.40 Å². The number of hydrogen-bond acceptors (Lipinski definition) is 2. The van der Waals surface area contributed by atoms with E-state index in [4.69, 9.17) is 0 Å². The molecule has 2 rings (SSSR count). The molecule has 0 atom stereocenters. The Kier molecular flexibility index (Phi) is 2.18. The third-order valence-corrected chi connectivity index (χ3v) is 4.86. The molecule has 0 N–H and O–H groups in total. The Labute approximate surface area is 84.0 Å². The van der Waals surface area contributed by atoms with E-state index in [2.05, 4.69) is 15.9 Å². The van der Waals surface area contributed by atoms with Gasteiger partial charge in [-0.2, -0.15) is 0 Å². The first-order valence-corrected chi connectivity index (χ1v) is 5.62. The second kappa shape index (κ2) is 3.05. The average molecular weight is 269 g/mol. The normalized spacial score (nSPS) is 11.7. The van der Waals surface area contributed by atoms with Gasteiger partial charge in [-0.1, -0.05) is 0 Å². The van der Waals surface area contributed by atoms with E-state index in [-0.39, 0.29) is 4.88 Å².